The van der Waals surface area contributed by atoms with Crippen LogP contribution in [-0.2, 0) is 10.5 Å². The molecule has 0 radical (unpaired) electrons. The van der Waals surface area contributed by atoms with Crippen LogP contribution in [0.4, 0.5) is 8.78 Å². The minimum Gasteiger partial charge on any atom is -0.481 e. The van der Waals surface area contributed by atoms with Gasteiger partial charge < -0.3 is 5.11 Å². The summed E-state index contributed by atoms with van der Waals surface area (Å²) in [6.45, 7) is 1.12. The number of aliphatic carboxylic acids is 1. The van der Waals surface area contributed by atoms with E-state index in [4.69, 9.17) is 5.11 Å². The Morgan fingerprint density at radius 2 is 2.21 bits per heavy atom. The largest absolute Gasteiger partial charge is 0.481 e. The molecule has 14 heavy (non-hydrogen) atoms. The van der Waals surface area contributed by atoms with Crippen LogP contribution < -0.4 is 0 Å². The maximum Gasteiger partial charge on any atom is 0.306 e. The highest BCUT2D eigenvalue weighted by molar-refractivity contribution is 5.68. The molecule has 1 aromatic rings. The molecule has 1 unspecified atom stereocenters. The molecule has 0 saturated heterocycles. The minimum absolute atomic E-state index is 0.0416. The molecule has 1 atom stereocenters. The third kappa shape index (κ3) is 2.52. The van der Waals surface area contributed by atoms with Crippen LogP contribution in [0.2, 0.25) is 0 Å². The highest BCUT2D eigenvalue weighted by atomic mass is 19.1. The van der Waals surface area contributed by atoms with Crippen LogP contribution in [0.25, 0.3) is 0 Å². The lowest BCUT2D eigenvalue weighted by molar-refractivity contribution is -0.140. The molecular weight excluding hydrogens is 190 g/mol. The van der Waals surface area contributed by atoms with Crippen LogP contribution in [0.15, 0.2) is 24.3 Å². The average Bonchev–Trinajstić information content (AvgIpc) is 2.01. The molecule has 1 rings (SSSR count). The summed E-state index contributed by atoms with van der Waals surface area (Å²) in [7, 11) is 0. The van der Waals surface area contributed by atoms with E-state index in [0.717, 1.165) is 13.0 Å². The molecule has 0 heterocycles. The van der Waals surface area contributed by atoms with E-state index in [0.29, 0.717) is 0 Å². The number of carbonyl (C=O) groups is 1. The molecule has 0 bridgehead atoms. The number of hydrogen-bond acceptors (Lipinski definition) is 1. The van der Waals surface area contributed by atoms with Crippen molar-refractivity contribution in [1.82, 2.24) is 0 Å². The summed E-state index contributed by atoms with van der Waals surface area (Å²) in [5.74, 6) is -1.82. The summed E-state index contributed by atoms with van der Waals surface area (Å²) in [6.07, 6.45) is -0.670. The van der Waals surface area contributed by atoms with Gasteiger partial charge in [-0.15, -0.1) is 0 Å². The smallest absolute Gasteiger partial charge is 0.306 e. The summed E-state index contributed by atoms with van der Waals surface area (Å²) in [5.41, 5.74) is -1.99. The molecule has 1 N–H and O–H groups in total. The van der Waals surface area contributed by atoms with Crippen molar-refractivity contribution in [2.75, 3.05) is 0 Å². The van der Waals surface area contributed by atoms with E-state index in [1.807, 2.05) is 0 Å². The van der Waals surface area contributed by atoms with E-state index in [1.54, 1.807) is 0 Å². The number of hydrogen-bond donors (Lipinski definition) is 1. The Balaban J connectivity index is 2.97. The monoisotopic (exact) mass is 200 g/mol. The quantitative estimate of drug-likeness (QED) is 0.813. The lowest BCUT2D eigenvalue weighted by Gasteiger charge is -2.18. The molecule has 0 aliphatic heterocycles. The van der Waals surface area contributed by atoms with Crippen LogP contribution in [0.1, 0.15) is 18.9 Å². The third-order valence-electron chi connectivity index (χ3n) is 1.91. The first-order chi connectivity index (χ1) is 6.42. The Bertz CT molecular complexity index is 348. The molecule has 2 nitrogen and oxygen atoms in total. The van der Waals surface area contributed by atoms with Gasteiger partial charge in [0.15, 0.2) is 0 Å². The van der Waals surface area contributed by atoms with Gasteiger partial charge in [-0.25, -0.2) is 8.78 Å². The minimum atomic E-state index is -2.03. The Labute approximate surface area is 80.2 Å². The van der Waals surface area contributed by atoms with Gasteiger partial charge in [-0.2, -0.15) is 0 Å². The fourth-order valence-electron chi connectivity index (χ4n) is 1.20. The fourth-order valence-corrected chi connectivity index (χ4v) is 1.20. The predicted molar refractivity (Wildman–Crippen MR) is 47.1 cm³/mol. The maximum absolute atomic E-state index is 13.7. The number of alkyl halides is 1. The SMILES string of the molecule is CC(F)(CC(=O)O)c1cccc(F)c1. The van der Waals surface area contributed by atoms with Gasteiger partial charge in [-0.3, -0.25) is 4.79 Å². The van der Waals surface area contributed by atoms with E-state index < -0.39 is 23.9 Å². The van der Waals surface area contributed by atoms with E-state index in [-0.39, 0.29) is 5.56 Å². The van der Waals surface area contributed by atoms with E-state index in [9.17, 15) is 13.6 Å². The van der Waals surface area contributed by atoms with Crippen LogP contribution >= 0.6 is 0 Å². The molecule has 0 amide bonds. The van der Waals surface area contributed by atoms with Gasteiger partial charge in [0.1, 0.15) is 11.5 Å². The molecule has 0 fully saturated rings. The van der Waals surface area contributed by atoms with E-state index in [2.05, 4.69) is 0 Å². The summed E-state index contributed by atoms with van der Waals surface area (Å²) in [6, 6.07) is 4.90. The van der Waals surface area contributed by atoms with Gasteiger partial charge in [0.2, 0.25) is 0 Å². The van der Waals surface area contributed by atoms with Gasteiger partial charge >= 0.3 is 5.97 Å². The van der Waals surface area contributed by atoms with Gasteiger partial charge in [0.05, 0.1) is 6.42 Å². The van der Waals surface area contributed by atoms with Gasteiger partial charge in [-0.1, -0.05) is 12.1 Å². The van der Waals surface area contributed by atoms with Gasteiger partial charge in [0, 0.05) is 0 Å². The predicted octanol–water partition coefficient (Wildman–Crippen LogP) is 2.49. The van der Waals surface area contributed by atoms with Crippen molar-refractivity contribution in [3.05, 3.63) is 35.6 Å². The molecule has 0 spiro atoms. The summed E-state index contributed by atoms with van der Waals surface area (Å²) >= 11 is 0. The molecule has 0 aliphatic carbocycles. The van der Waals surface area contributed by atoms with Crippen LogP contribution in [0.5, 0.6) is 0 Å². The zero-order valence-electron chi connectivity index (χ0n) is 7.63. The molecule has 76 valence electrons. The van der Waals surface area contributed by atoms with E-state index >= 15 is 0 Å². The normalized spacial score (nSPS) is 14.8. The fraction of sp³-hybridized carbons (Fsp3) is 0.300. The zero-order chi connectivity index (χ0) is 10.8. The average molecular weight is 200 g/mol. The van der Waals surface area contributed by atoms with Crippen LogP contribution in [-0.4, -0.2) is 11.1 Å². The second-order valence-electron chi connectivity index (χ2n) is 3.28. The van der Waals surface area contributed by atoms with Gasteiger partial charge in [-0.05, 0) is 24.6 Å². The maximum atomic E-state index is 13.7. The number of halogens is 2. The van der Waals surface area contributed by atoms with Crippen LogP contribution in [0, 0.1) is 5.82 Å². The summed E-state index contributed by atoms with van der Waals surface area (Å²) in [4.78, 5) is 10.3. The summed E-state index contributed by atoms with van der Waals surface area (Å²) in [5, 5.41) is 8.45. The number of carboxylic acid groups (broad SMARTS) is 1. The van der Waals surface area contributed by atoms with Crippen molar-refractivity contribution in [1.29, 1.82) is 0 Å². The van der Waals surface area contributed by atoms with Crippen molar-refractivity contribution in [2.45, 2.75) is 19.0 Å². The molecule has 4 heteroatoms. The van der Waals surface area contributed by atoms with Gasteiger partial charge in [0.25, 0.3) is 0 Å². The molecule has 0 saturated carbocycles. The lowest BCUT2D eigenvalue weighted by Crippen LogP contribution is -2.20. The van der Waals surface area contributed by atoms with Crippen molar-refractivity contribution >= 4 is 5.97 Å². The molecular formula is C10H10F2O2. The number of rotatable bonds is 3. The van der Waals surface area contributed by atoms with Crippen molar-refractivity contribution in [2.24, 2.45) is 0 Å². The highest BCUT2D eigenvalue weighted by Gasteiger charge is 2.29. The molecule has 0 aliphatic rings. The van der Waals surface area contributed by atoms with E-state index in [1.165, 1.54) is 18.2 Å². The lowest BCUT2D eigenvalue weighted by atomic mass is 9.94. The highest BCUT2D eigenvalue weighted by Crippen LogP contribution is 2.29. The van der Waals surface area contributed by atoms with Crippen molar-refractivity contribution in [3.63, 3.8) is 0 Å². The van der Waals surface area contributed by atoms with Crippen LogP contribution in [0.3, 0.4) is 0 Å². The molecule has 0 aromatic heterocycles. The molecule has 1 aromatic carbocycles. The van der Waals surface area contributed by atoms with Crippen molar-refractivity contribution < 1.29 is 18.7 Å². The number of benzene rings is 1. The first-order valence-corrected chi connectivity index (χ1v) is 4.08. The summed E-state index contributed by atoms with van der Waals surface area (Å²) < 4.78 is 26.4. The first kappa shape index (κ1) is 10.6. The topological polar surface area (TPSA) is 37.3 Å². The Kier molecular flexibility index (Phi) is 2.84. The second-order valence-corrected chi connectivity index (χ2v) is 3.28. The third-order valence-corrected chi connectivity index (χ3v) is 1.91. The Morgan fingerprint density at radius 3 is 2.71 bits per heavy atom. The van der Waals surface area contributed by atoms with Crippen molar-refractivity contribution in [3.8, 4) is 0 Å². The second kappa shape index (κ2) is 3.74. The first-order valence-electron chi connectivity index (χ1n) is 4.08. The number of carboxylic acids is 1. The zero-order valence-corrected chi connectivity index (χ0v) is 7.63. The standard InChI is InChI=1S/C10H10F2O2/c1-10(12,6-9(13)14)7-3-2-4-8(11)5-7/h2-5H,6H2,1H3,(H,13,14). The Hall–Kier alpha value is -1.45. The Morgan fingerprint density at radius 1 is 1.57 bits per heavy atom.